The van der Waals surface area contributed by atoms with E-state index in [-0.39, 0.29) is 5.91 Å². The second kappa shape index (κ2) is 4.32. The van der Waals surface area contributed by atoms with Crippen molar-refractivity contribution in [1.29, 1.82) is 0 Å². The third-order valence-electron chi connectivity index (χ3n) is 3.55. The summed E-state index contributed by atoms with van der Waals surface area (Å²) in [4.78, 5) is 18.3. The lowest BCUT2D eigenvalue weighted by Gasteiger charge is -2.27. The van der Waals surface area contributed by atoms with Crippen LogP contribution in [-0.4, -0.2) is 29.2 Å². The van der Waals surface area contributed by atoms with Gasteiger partial charge in [0.25, 0.3) is 0 Å². The Morgan fingerprint density at radius 1 is 1.24 bits per heavy atom. The number of rotatable bonds is 2. The maximum atomic E-state index is 11.9. The molecule has 0 bridgehead atoms. The topological polar surface area (TPSA) is 32.7 Å². The van der Waals surface area contributed by atoms with E-state index in [1.807, 2.05) is 11.0 Å². The van der Waals surface area contributed by atoms with Gasteiger partial charge in [0, 0.05) is 25.4 Å². The summed E-state index contributed by atoms with van der Waals surface area (Å²) in [5.41, 5.74) is 1.30. The first-order valence-corrected chi connectivity index (χ1v) is 6.24. The highest BCUT2D eigenvalue weighted by molar-refractivity contribution is 6.01. The largest absolute Gasteiger partial charge is 0.297 e. The lowest BCUT2D eigenvalue weighted by molar-refractivity contribution is -0.128. The average Bonchev–Trinajstić information content (AvgIpc) is 2.75. The molecule has 2 heterocycles. The summed E-state index contributed by atoms with van der Waals surface area (Å²) >= 11 is 0. The van der Waals surface area contributed by atoms with Gasteiger partial charge in [-0.3, -0.25) is 14.7 Å². The Morgan fingerprint density at radius 3 is 2.88 bits per heavy atom. The van der Waals surface area contributed by atoms with Crippen LogP contribution >= 0.6 is 0 Å². The number of nitrogens with zero attached hydrogens (tertiary/aromatic N) is 2. The van der Waals surface area contributed by atoms with E-state index in [2.05, 4.69) is 29.3 Å². The normalized spacial score (nSPS) is 23.5. The minimum absolute atomic E-state index is 0.258. The van der Waals surface area contributed by atoms with E-state index in [0.29, 0.717) is 19.0 Å². The summed E-state index contributed by atoms with van der Waals surface area (Å²) < 4.78 is 0. The number of amidine groups is 1. The molecule has 0 aliphatic carbocycles. The molecule has 1 saturated heterocycles. The molecule has 0 N–H and O–H groups in total. The van der Waals surface area contributed by atoms with Gasteiger partial charge < -0.3 is 0 Å². The van der Waals surface area contributed by atoms with E-state index >= 15 is 0 Å². The number of amides is 1. The molecule has 3 heteroatoms. The Bertz CT molecular complexity index is 453. The molecule has 0 radical (unpaired) electrons. The first-order valence-electron chi connectivity index (χ1n) is 6.24. The minimum atomic E-state index is 0.258. The standard InChI is InChI=1S/C14H16N2O/c17-14-8-9-15-13-7-6-12(16(13)14)10-11-4-2-1-3-5-11/h1-5,12H,6-10H2. The van der Waals surface area contributed by atoms with Crippen LogP contribution in [0.2, 0.25) is 0 Å². The van der Waals surface area contributed by atoms with Crippen molar-refractivity contribution in [2.24, 2.45) is 4.99 Å². The molecule has 3 nitrogen and oxygen atoms in total. The highest BCUT2D eigenvalue weighted by Gasteiger charge is 2.35. The van der Waals surface area contributed by atoms with Crippen LogP contribution in [0.1, 0.15) is 24.8 Å². The molecule has 0 spiro atoms. The van der Waals surface area contributed by atoms with E-state index in [1.54, 1.807) is 0 Å². The second-order valence-corrected chi connectivity index (χ2v) is 4.69. The van der Waals surface area contributed by atoms with Crippen LogP contribution in [0, 0.1) is 0 Å². The highest BCUT2D eigenvalue weighted by Crippen LogP contribution is 2.26. The third-order valence-corrected chi connectivity index (χ3v) is 3.55. The molecule has 0 aromatic heterocycles. The molecule has 1 amide bonds. The Balaban J connectivity index is 1.79. The monoisotopic (exact) mass is 228 g/mol. The van der Waals surface area contributed by atoms with E-state index in [4.69, 9.17) is 0 Å². The van der Waals surface area contributed by atoms with Gasteiger partial charge in [-0.15, -0.1) is 0 Å². The van der Waals surface area contributed by atoms with Gasteiger partial charge in [0.2, 0.25) is 5.91 Å². The smallest absolute Gasteiger partial charge is 0.230 e. The van der Waals surface area contributed by atoms with Crippen molar-refractivity contribution >= 4 is 11.7 Å². The Labute approximate surface area is 101 Å². The number of fused-ring (bicyclic) bond motifs is 1. The van der Waals surface area contributed by atoms with Crippen molar-refractivity contribution in [3.05, 3.63) is 35.9 Å². The van der Waals surface area contributed by atoms with Crippen LogP contribution in [0.25, 0.3) is 0 Å². The molecule has 1 aromatic rings. The zero-order valence-electron chi connectivity index (χ0n) is 9.80. The molecule has 2 aliphatic rings. The molecule has 88 valence electrons. The van der Waals surface area contributed by atoms with Crippen molar-refractivity contribution in [3.63, 3.8) is 0 Å². The van der Waals surface area contributed by atoms with Gasteiger partial charge in [-0.2, -0.15) is 0 Å². The van der Waals surface area contributed by atoms with E-state index < -0.39 is 0 Å². The van der Waals surface area contributed by atoms with Crippen molar-refractivity contribution in [2.45, 2.75) is 31.7 Å². The van der Waals surface area contributed by atoms with Crippen LogP contribution in [0.15, 0.2) is 35.3 Å². The lowest BCUT2D eigenvalue weighted by Crippen LogP contribution is -2.42. The number of carbonyl (C=O) groups is 1. The molecule has 1 aromatic carbocycles. The molecule has 1 fully saturated rings. The van der Waals surface area contributed by atoms with Crippen LogP contribution in [0.5, 0.6) is 0 Å². The number of aliphatic imine (C=N–C) groups is 1. The summed E-state index contributed by atoms with van der Waals surface area (Å²) in [6.07, 6.45) is 3.54. The average molecular weight is 228 g/mol. The van der Waals surface area contributed by atoms with Gasteiger partial charge >= 0.3 is 0 Å². The summed E-state index contributed by atoms with van der Waals surface area (Å²) in [6, 6.07) is 10.7. The third kappa shape index (κ3) is 1.97. The fourth-order valence-corrected chi connectivity index (χ4v) is 2.74. The summed E-state index contributed by atoms with van der Waals surface area (Å²) in [5.74, 6) is 1.27. The van der Waals surface area contributed by atoms with Gasteiger partial charge in [0.15, 0.2) is 0 Å². The zero-order chi connectivity index (χ0) is 11.7. The van der Waals surface area contributed by atoms with Gasteiger partial charge in [-0.25, -0.2) is 0 Å². The molecule has 0 saturated carbocycles. The maximum Gasteiger partial charge on any atom is 0.230 e. The minimum Gasteiger partial charge on any atom is -0.297 e. The fourth-order valence-electron chi connectivity index (χ4n) is 2.74. The Hall–Kier alpha value is -1.64. The summed E-state index contributed by atoms with van der Waals surface area (Å²) in [5, 5.41) is 0. The quantitative estimate of drug-likeness (QED) is 0.762. The predicted octanol–water partition coefficient (Wildman–Crippen LogP) is 2.02. The van der Waals surface area contributed by atoms with Gasteiger partial charge in [-0.05, 0) is 18.4 Å². The number of hydrogen-bond donors (Lipinski definition) is 0. The molecule has 1 unspecified atom stereocenters. The molecular formula is C14H16N2O. The predicted molar refractivity (Wildman–Crippen MR) is 66.9 cm³/mol. The van der Waals surface area contributed by atoms with Crippen LogP contribution in [0.3, 0.4) is 0 Å². The molecule has 17 heavy (non-hydrogen) atoms. The van der Waals surface area contributed by atoms with Crippen molar-refractivity contribution in [3.8, 4) is 0 Å². The Kier molecular flexibility index (Phi) is 2.67. The van der Waals surface area contributed by atoms with Crippen molar-refractivity contribution in [1.82, 2.24) is 4.90 Å². The summed E-state index contributed by atoms with van der Waals surface area (Å²) in [7, 11) is 0. The van der Waals surface area contributed by atoms with E-state index in [0.717, 1.165) is 25.1 Å². The van der Waals surface area contributed by atoms with E-state index in [1.165, 1.54) is 5.56 Å². The SMILES string of the molecule is O=C1CCN=C2CCC(Cc3ccccc3)N12. The molecular weight excluding hydrogens is 212 g/mol. The zero-order valence-corrected chi connectivity index (χ0v) is 9.80. The number of carbonyl (C=O) groups excluding carboxylic acids is 1. The van der Waals surface area contributed by atoms with Crippen LogP contribution in [0.4, 0.5) is 0 Å². The van der Waals surface area contributed by atoms with Gasteiger partial charge in [0.1, 0.15) is 5.84 Å². The highest BCUT2D eigenvalue weighted by atomic mass is 16.2. The van der Waals surface area contributed by atoms with Crippen LogP contribution < -0.4 is 0 Å². The summed E-state index contributed by atoms with van der Waals surface area (Å²) in [6.45, 7) is 0.683. The van der Waals surface area contributed by atoms with Crippen LogP contribution in [-0.2, 0) is 11.2 Å². The van der Waals surface area contributed by atoms with E-state index in [9.17, 15) is 4.79 Å². The maximum absolute atomic E-state index is 11.9. The van der Waals surface area contributed by atoms with Crippen molar-refractivity contribution in [2.75, 3.05) is 6.54 Å². The molecule has 3 rings (SSSR count). The second-order valence-electron chi connectivity index (χ2n) is 4.69. The first kappa shape index (κ1) is 10.5. The fraction of sp³-hybridized carbons (Fsp3) is 0.429. The number of hydrogen-bond acceptors (Lipinski definition) is 2. The lowest BCUT2D eigenvalue weighted by atomic mass is 10.0. The van der Waals surface area contributed by atoms with Gasteiger partial charge in [0.05, 0.1) is 0 Å². The molecule has 2 aliphatic heterocycles. The Morgan fingerprint density at radius 2 is 2.06 bits per heavy atom. The first-order chi connectivity index (χ1) is 8.34. The van der Waals surface area contributed by atoms with Gasteiger partial charge in [-0.1, -0.05) is 30.3 Å². The number of benzene rings is 1. The molecule has 1 atom stereocenters. The van der Waals surface area contributed by atoms with Crippen molar-refractivity contribution < 1.29 is 4.79 Å².